The van der Waals surface area contributed by atoms with Crippen molar-refractivity contribution in [2.24, 2.45) is 0 Å². The van der Waals surface area contributed by atoms with Gasteiger partial charge in [-0.05, 0) is 30.9 Å². The molecule has 0 aromatic carbocycles. The third kappa shape index (κ3) is 3.99. The maximum Gasteiger partial charge on any atom is 0.432 e. The number of nitrogens with one attached hydrogen (secondary N) is 2. The van der Waals surface area contributed by atoms with Crippen LogP contribution in [0.1, 0.15) is 19.3 Å². The molecular weight excluding hydrogens is 184 g/mol. The number of piperidine rings is 1. The zero-order valence-electron chi connectivity index (χ0n) is 7.90. The lowest BCUT2D eigenvalue weighted by molar-refractivity contribution is -0.393. The van der Waals surface area contributed by atoms with Gasteiger partial charge in [0.25, 0.3) is 0 Å². The molecule has 0 radical (unpaired) electrons. The lowest BCUT2D eigenvalue weighted by atomic mass is 10.2. The maximum atomic E-state index is 9.77. The Bertz CT molecular complexity index is 245. The number of imidazole rings is 1. The van der Waals surface area contributed by atoms with Gasteiger partial charge in [-0.25, -0.2) is 4.98 Å². The van der Waals surface area contributed by atoms with Crippen LogP contribution >= 0.6 is 0 Å². The van der Waals surface area contributed by atoms with Gasteiger partial charge in [0.2, 0.25) is 0 Å². The minimum atomic E-state index is -0.583. The molecule has 1 aliphatic heterocycles. The number of hydrogen-bond donors (Lipinski definition) is 2. The van der Waals surface area contributed by atoms with Crippen molar-refractivity contribution in [3.63, 3.8) is 0 Å². The van der Waals surface area contributed by atoms with Crippen molar-refractivity contribution in [2.45, 2.75) is 19.3 Å². The fraction of sp³-hybridized carbons (Fsp3) is 0.625. The van der Waals surface area contributed by atoms with E-state index in [0.29, 0.717) is 0 Å². The summed E-state index contributed by atoms with van der Waals surface area (Å²) in [6.45, 7) is 2.50. The van der Waals surface area contributed by atoms with Crippen LogP contribution in [0.3, 0.4) is 0 Å². The Morgan fingerprint density at radius 1 is 1.36 bits per heavy atom. The SMILES string of the molecule is C1CCNCC1.O=[N+]([O-])c1ncc[nH]1. The number of aromatic nitrogens is 2. The summed E-state index contributed by atoms with van der Waals surface area (Å²) < 4.78 is 0. The van der Waals surface area contributed by atoms with Gasteiger partial charge in [0.05, 0.1) is 6.20 Å². The number of H-pyrrole nitrogens is 1. The molecule has 6 nitrogen and oxygen atoms in total. The predicted molar refractivity (Wildman–Crippen MR) is 52.0 cm³/mol. The van der Waals surface area contributed by atoms with Crippen LogP contribution in [-0.4, -0.2) is 28.0 Å². The summed E-state index contributed by atoms with van der Waals surface area (Å²) in [6, 6.07) is 0. The first kappa shape index (κ1) is 10.6. The predicted octanol–water partition coefficient (Wildman–Crippen LogP) is 1.08. The summed E-state index contributed by atoms with van der Waals surface area (Å²) in [4.78, 5) is 14.9. The van der Waals surface area contributed by atoms with E-state index in [1.165, 1.54) is 44.7 Å². The molecule has 1 fully saturated rings. The minimum Gasteiger partial charge on any atom is -0.390 e. The summed E-state index contributed by atoms with van der Waals surface area (Å²) in [6.07, 6.45) is 6.95. The van der Waals surface area contributed by atoms with Crippen LogP contribution in [0, 0.1) is 10.1 Å². The van der Waals surface area contributed by atoms with Crippen molar-refractivity contribution in [2.75, 3.05) is 13.1 Å². The average Bonchev–Trinajstić information content (AvgIpc) is 2.74. The molecule has 2 N–H and O–H groups in total. The standard InChI is InChI=1S/C5H11N.C3H3N3O2/c1-2-4-6-5-3-1;7-6(8)3-4-1-2-5-3/h6H,1-5H2;1-2H,(H,4,5). The molecule has 14 heavy (non-hydrogen) atoms. The Balaban J connectivity index is 0.000000146. The Morgan fingerprint density at radius 2 is 2.07 bits per heavy atom. The van der Waals surface area contributed by atoms with Gasteiger partial charge in [-0.3, -0.25) is 0 Å². The van der Waals surface area contributed by atoms with Gasteiger partial charge in [0.15, 0.2) is 0 Å². The molecule has 1 aliphatic rings. The summed E-state index contributed by atoms with van der Waals surface area (Å²) in [5.41, 5.74) is 0. The quantitative estimate of drug-likeness (QED) is 0.522. The smallest absolute Gasteiger partial charge is 0.390 e. The molecule has 0 amide bonds. The molecule has 0 saturated carbocycles. The maximum absolute atomic E-state index is 9.77. The van der Waals surface area contributed by atoms with E-state index in [2.05, 4.69) is 15.3 Å². The Kier molecular flexibility index (Phi) is 4.63. The van der Waals surface area contributed by atoms with Gasteiger partial charge >= 0.3 is 5.95 Å². The van der Waals surface area contributed by atoms with Crippen LogP contribution in [-0.2, 0) is 0 Å². The molecule has 0 spiro atoms. The van der Waals surface area contributed by atoms with E-state index < -0.39 is 4.92 Å². The highest BCUT2D eigenvalue weighted by atomic mass is 16.6. The first-order chi connectivity index (χ1) is 6.80. The van der Waals surface area contributed by atoms with E-state index in [0.717, 1.165) is 0 Å². The number of aromatic amines is 1. The van der Waals surface area contributed by atoms with Crippen LogP contribution in [0.2, 0.25) is 0 Å². The summed E-state index contributed by atoms with van der Waals surface area (Å²) in [5.74, 6) is -0.218. The van der Waals surface area contributed by atoms with Crippen molar-refractivity contribution in [3.8, 4) is 0 Å². The van der Waals surface area contributed by atoms with Crippen molar-refractivity contribution < 1.29 is 4.92 Å². The second-order valence-electron chi connectivity index (χ2n) is 2.98. The fourth-order valence-electron chi connectivity index (χ4n) is 1.16. The molecule has 6 heteroatoms. The van der Waals surface area contributed by atoms with Crippen LogP contribution in [0.4, 0.5) is 5.95 Å². The Labute approximate surface area is 81.9 Å². The first-order valence-electron chi connectivity index (χ1n) is 4.65. The Morgan fingerprint density at radius 3 is 2.29 bits per heavy atom. The van der Waals surface area contributed by atoms with E-state index in [-0.39, 0.29) is 5.95 Å². The third-order valence-corrected chi connectivity index (χ3v) is 1.86. The summed E-state index contributed by atoms with van der Waals surface area (Å²) in [5, 5.41) is 13.1. The van der Waals surface area contributed by atoms with E-state index >= 15 is 0 Å². The largest absolute Gasteiger partial charge is 0.432 e. The fourth-order valence-corrected chi connectivity index (χ4v) is 1.16. The molecule has 0 aliphatic carbocycles. The zero-order valence-corrected chi connectivity index (χ0v) is 7.90. The van der Waals surface area contributed by atoms with Gasteiger partial charge in [0.1, 0.15) is 6.20 Å². The number of nitrogens with zero attached hydrogens (tertiary/aromatic N) is 2. The van der Waals surface area contributed by atoms with Gasteiger partial charge in [-0.2, -0.15) is 0 Å². The van der Waals surface area contributed by atoms with Crippen molar-refractivity contribution in [1.82, 2.24) is 15.3 Å². The van der Waals surface area contributed by atoms with Gasteiger partial charge < -0.3 is 15.4 Å². The topological polar surface area (TPSA) is 83.8 Å². The summed E-state index contributed by atoms with van der Waals surface area (Å²) in [7, 11) is 0. The Hall–Kier alpha value is -1.43. The first-order valence-corrected chi connectivity index (χ1v) is 4.65. The molecule has 2 rings (SSSR count). The van der Waals surface area contributed by atoms with E-state index in [1.807, 2.05) is 0 Å². The monoisotopic (exact) mass is 198 g/mol. The van der Waals surface area contributed by atoms with Crippen LogP contribution in [0.25, 0.3) is 0 Å². The molecule has 0 atom stereocenters. The lowest BCUT2D eigenvalue weighted by Crippen LogP contribution is -2.21. The van der Waals surface area contributed by atoms with E-state index in [4.69, 9.17) is 0 Å². The molecule has 1 aromatic heterocycles. The summed E-state index contributed by atoms with van der Waals surface area (Å²) >= 11 is 0. The minimum absolute atomic E-state index is 0.218. The highest BCUT2D eigenvalue weighted by Gasteiger charge is 2.01. The van der Waals surface area contributed by atoms with Gasteiger partial charge in [-0.1, -0.05) is 11.4 Å². The van der Waals surface area contributed by atoms with Gasteiger partial charge in [-0.15, -0.1) is 0 Å². The number of nitro groups is 1. The molecule has 2 heterocycles. The van der Waals surface area contributed by atoms with Crippen LogP contribution in [0.5, 0.6) is 0 Å². The average molecular weight is 198 g/mol. The highest BCUT2D eigenvalue weighted by Crippen LogP contribution is 1.97. The normalized spacial score (nSPS) is 15.4. The number of hydrogen-bond acceptors (Lipinski definition) is 4. The van der Waals surface area contributed by atoms with Crippen LogP contribution < -0.4 is 5.32 Å². The van der Waals surface area contributed by atoms with E-state index in [1.54, 1.807) is 0 Å². The molecule has 0 bridgehead atoms. The second kappa shape index (κ2) is 6.09. The van der Waals surface area contributed by atoms with Crippen LogP contribution in [0.15, 0.2) is 12.4 Å². The third-order valence-electron chi connectivity index (χ3n) is 1.86. The lowest BCUT2D eigenvalue weighted by Gasteiger charge is -2.08. The molecule has 78 valence electrons. The number of rotatable bonds is 1. The van der Waals surface area contributed by atoms with Gasteiger partial charge in [0, 0.05) is 0 Å². The molecular formula is C8H14N4O2. The zero-order chi connectivity index (χ0) is 10.2. The second-order valence-corrected chi connectivity index (χ2v) is 2.98. The highest BCUT2D eigenvalue weighted by molar-refractivity contribution is 5.00. The van der Waals surface area contributed by atoms with Crippen molar-refractivity contribution >= 4 is 5.95 Å². The molecule has 1 saturated heterocycles. The molecule has 0 unspecified atom stereocenters. The van der Waals surface area contributed by atoms with Crippen molar-refractivity contribution in [3.05, 3.63) is 22.5 Å². The van der Waals surface area contributed by atoms with E-state index in [9.17, 15) is 10.1 Å². The molecule has 1 aromatic rings. The van der Waals surface area contributed by atoms with Crippen molar-refractivity contribution in [1.29, 1.82) is 0 Å².